The van der Waals surface area contributed by atoms with Crippen LogP contribution in [0.2, 0.25) is 0 Å². The molecule has 0 bridgehead atoms. The molecular formula is C20H27ClN2O4. The van der Waals surface area contributed by atoms with Crippen molar-refractivity contribution in [3.8, 4) is 17.2 Å². The predicted molar refractivity (Wildman–Crippen MR) is 108 cm³/mol. The van der Waals surface area contributed by atoms with E-state index < -0.39 is 0 Å². The van der Waals surface area contributed by atoms with E-state index in [2.05, 4.69) is 5.32 Å². The lowest BCUT2D eigenvalue weighted by molar-refractivity contribution is 0.203. The first-order chi connectivity index (χ1) is 12.5. The molecule has 0 saturated heterocycles. The normalized spacial score (nSPS) is 11.0. The van der Waals surface area contributed by atoms with Crippen LogP contribution in [0, 0.1) is 0 Å². The molecule has 1 N–H and O–H groups in total. The summed E-state index contributed by atoms with van der Waals surface area (Å²) in [4.78, 5) is 14.2. The molecule has 2 amide bonds. The molecule has 0 aromatic heterocycles. The number of carbonyl (C=O) groups excluding carboxylic acids is 1. The first-order valence-electron chi connectivity index (χ1n) is 8.35. The lowest BCUT2D eigenvalue weighted by Crippen LogP contribution is -2.38. The first-order valence-corrected chi connectivity index (χ1v) is 8.35. The van der Waals surface area contributed by atoms with E-state index in [1.54, 1.807) is 33.3 Å². The van der Waals surface area contributed by atoms with Crippen molar-refractivity contribution in [2.24, 2.45) is 0 Å². The Labute approximate surface area is 166 Å². The summed E-state index contributed by atoms with van der Waals surface area (Å²) in [6.07, 6.45) is 0. The van der Waals surface area contributed by atoms with Gasteiger partial charge in [-0.05, 0) is 42.8 Å². The van der Waals surface area contributed by atoms with E-state index in [1.165, 1.54) is 0 Å². The largest absolute Gasteiger partial charge is 0.497 e. The number of nitrogens with one attached hydrogen (secondary N) is 1. The van der Waals surface area contributed by atoms with Crippen LogP contribution in [0.3, 0.4) is 0 Å². The Balaban J connectivity index is 0.00000364. The lowest BCUT2D eigenvalue weighted by atomic mass is 10.1. The van der Waals surface area contributed by atoms with Gasteiger partial charge in [0.1, 0.15) is 17.2 Å². The van der Waals surface area contributed by atoms with Gasteiger partial charge in [0.25, 0.3) is 0 Å². The minimum absolute atomic E-state index is 0. The predicted octanol–water partition coefficient (Wildman–Crippen LogP) is 4.04. The third-order valence-electron chi connectivity index (χ3n) is 4.14. The van der Waals surface area contributed by atoms with E-state index in [-0.39, 0.29) is 24.5 Å². The highest BCUT2D eigenvalue weighted by Gasteiger charge is 2.17. The van der Waals surface area contributed by atoms with E-state index in [4.69, 9.17) is 14.2 Å². The lowest BCUT2D eigenvalue weighted by Gasteiger charge is -2.23. The van der Waals surface area contributed by atoms with Crippen molar-refractivity contribution in [1.82, 2.24) is 10.2 Å². The molecule has 1 unspecified atom stereocenters. The van der Waals surface area contributed by atoms with Gasteiger partial charge in [0, 0.05) is 19.2 Å². The molecule has 2 aromatic carbocycles. The van der Waals surface area contributed by atoms with Crippen LogP contribution in [0.4, 0.5) is 4.79 Å². The smallest absolute Gasteiger partial charge is 0.317 e. The number of hydrogen-bond donors (Lipinski definition) is 1. The number of amides is 2. The van der Waals surface area contributed by atoms with Crippen molar-refractivity contribution < 1.29 is 19.0 Å². The Hall–Kier alpha value is -2.60. The second-order valence-electron chi connectivity index (χ2n) is 5.99. The molecular weight excluding hydrogens is 368 g/mol. The van der Waals surface area contributed by atoms with Crippen LogP contribution in [-0.2, 0) is 6.54 Å². The molecule has 0 spiro atoms. The average molecular weight is 395 g/mol. The van der Waals surface area contributed by atoms with E-state index >= 15 is 0 Å². The van der Waals surface area contributed by atoms with Crippen LogP contribution in [0.15, 0.2) is 42.5 Å². The van der Waals surface area contributed by atoms with Crippen molar-refractivity contribution in [3.05, 3.63) is 53.6 Å². The van der Waals surface area contributed by atoms with Gasteiger partial charge in [-0.3, -0.25) is 0 Å². The van der Waals surface area contributed by atoms with E-state index in [0.717, 1.165) is 16.9 Å². The number of benzene rings is 2. The number of rotatable bonds is 7. The fourth-order valence-corrected chi connectivity index (χ4v) is 2.67. The standard InChI is InChI=1S/C20H26N2O4.ClH/c1-14(18-12-17(25-4)9-10-19(18)26-5)21-20(23)22(2)13-15-7-6-8-16(11-15)24-3;/h6-12,14H,13H2,1-5H3,(H,21,23);1H. The summed E-state index contributed by atoms with van der Waals surface area (Å²) in [5, 5.41) is 2.99. The second-order valence-corrected chi connectivity index (χ2v) is 5.99. The molecule has 0 fully saturated rings. The molecule has 2 aromatic rings. The van der Waals surface area contributed by atoms with E-state index in [1.807, 2.05) is 49.4 Å². The van der Waals surface area contributed by atoms with Crippen LogP contribution in [0.5, 0.6) is 17.2 Å². The van der Waals surface area contributed by atoms with Crippen molar-refractivity contribution in [2.45, 2.75) is 19.5 Å². The summed E-state index contributed by atoms with van der Waals surface area (Å²) in [6.45, 7) is 2.39. The zero-order valence-corrected chi connectivity index (χ0v) is 17.1. The van der Waals surface area contributed by atoms with Crippen LogP contribution in [0.25, 0.3) is 0 Å². The Morgan fingerprint density at radius 2 is 1.70 bits per heavy atom. The molecule has 148 valence electrons. The Bertz CT molecular complexity index is 755. The summed E-state index contributed by atoms with van der Waals surface area (Å²) in [5.41, 5.74) is 1.85. The maximum absolute atomic E-state index is 12.6. The van der Waals surface area contributed by atoms with Crippen molar-refractivity contribution >= 4 is 18.4 Å². The molecule has 27 heavy (non-hydrogen) atoms. The molecule has 0 aliphatic rings. The van der Waals surface area contributed by atoms with E-state index in [9.17, 15) is 4.79 Å². The van der Waals surface area contributed by atoms with Gasteiger partial charge >= 0.3 is 6.03 Å². The number of carbonyl (C=O) groups is 1. The SMILES string of the molecule is COc1cccc(CN(C)C(=O)NC(C)c2cc(OC)ccc2OC)c1.Cl. The zero-order valence-electron chi connectivity index (χ0n) is 16.3. The Kier molecular flexibility index (Phi) is 8.75. The number of nitrogens with zero attached hydrogens (tertiary/aromatic N) is 1. The van der Waals surface area contributed by atoms with Crippen LogP contribution < -0.4 is 19.5 Å². The van der Waals surface area contributed by atoms with Crippen LogP contribution >= 0.6 is 12.4 Å². The average Bonchev–Trinajstić information content (AvgIpc) is 2.67. The summed E-state index contributed by atoms with van der Waals surface area (Å²) in [7, 11) is 6.59. The summed E-state index contributed by atoms with van der Waals surface area (Å²) < 4.78 is 15.9. The minimum Gasteiger partial charge on any atom is -0.497 e. The summed E-state index contributed by atoms with van der Waals surface area (Å²) >= 11 is 0. The monoisotopic (exact) mass is 394 g/mol. The van der Waals surface area contributed by atoms with Crippen LogP contribution in [0.1, 0.15) is 24.1 Å². The quantitative estimate of drug-likeness (QED) is 0.770. The van der Waals surface area contributed by atoms with Crippen molar-refractivity contribution in [1.29, 1.82) is 0 Å². The number of urea groups is 1. The maximum atomic E-state index is 12.6. The van der Waals surface area contributed by atoms with Crippen molar-refractivity contribution in [2.75, 3.05) is 28.4 Å². The molecule has 7 heteroatoms. The van der Waals surface area contributed by atoms with Gasteiger partial charge in [0.05, 0.1) is 27.4 Å². The third kappa shape index (κ3) is 5.96. The number of hydrogen-bond acceptors (Lipinski definition) is 4. The van der Waals surface area contributed by atoms with E-state index in [0.29, 0.717) is 18.0 Å². The molecule has 0 heterocycles. The first kappa shape index (κ1) is 22.4. The molecule has 6 nitrogen and oxygen atoms in total. The van der Waals surface area contributed by atoms with Gasteiger partial charge in [-0.25, -0.2) is 4.79 Å². The Morgan fingerprint density at radius 3 is 2.33 bits per heavy atom. The molecule has 0 aliphatic carbocycles. The fourth-order valence-electron chi connectivity index (χ4n) is 2.67. The molecule has 2 rings (SSSR count). The summed E-state index contributed by atoms with van der Waals surface area (Å²) in [6, 6.07) is 12.8. The highest BCUT2D eigenvalue weighted by molar-refractivity contribution is 5.85. The highest BCUT2D eigenvalue weighted by atomic mass is 35.5. The second kappa shape index (κ2) is 10.5. The van der Waals surface area contributed by atoms with Gasteiger partial charge in [-0.2, -0.15) is 0 Å². The molecule has 0 saturated carbocycles. The number of halogens is 1. The van der Waals surface area contributed by atoms with Gasteiger partial charge in [-0.1, -0.05) is 12.1 Å². The maximum Gasteiger partial charge on any atom is 0.317 e. The molecule has 1 atom stereocenters. The van der Waals surface area contributed by atoms with Gasteiger partial charge in [-0.15, -0.1) is 12.4 Å². The Morgan fingerprint density at radius 1 is 1.04 bits per heavy atom. The minimum atomic E-state index is -0.236. The molecule has 0 radical (unpaired) electrons. The van der Waals surface area contributed by atoms with Crippen molar-refractivity contribution in [3.63, 3.8) is 0 Å². The number of ether oxygens (including phenoxy) is 3. The number of methoxy groups -OCH3 is 3. The highest BCUT2D eigenvalue weighted by Crippen LogP contribution is 2.29. The van der Waals surface area contributed by atoms with Gasteiger partial charge in [0.15, 0.2) is 0 Å². The van der Waals surface area contributed by atoms with Gasteiger partial charge in [0.2, 0.25) is 0 Å². The zero-order chi connectivity index (χ0) is 19.1. The van der Waals surface area contributed by atoms with Crippen LogP contribution in [-0.4, -0.2) is 39.3 Å². The molecule has 0 aliphatic heterocycles. The fraction of sp³-hybridized carbons (Fsp3) is 0.350. The summed E-state index contributed by atoms with van der Waals surface area (Å²) in [5.74, 6) is 2.19. The third-order valence-corrected chi connectivity index (χ3v) is 4.14. The topological polar surface area (TPSA) is 60.0 Å². The van der Waals surface area contributed by atoms with Gasteiger partial charge < -0.3 is 24.4 Å².